The SMILES string of the molecule is CCOC(=O)CN(C)SN(Cc1cccc2c1OC(C)(C)C2)C(=O)O. The minimum absolute atomic E-state index is 0.00128. The third-order valence-corrected chi connectivity index (χ3v) is 4.49. The van der Waals surface area contributed by atoms with E-state index in [0.29, 0.717) is 6.61 Å². The lowest BCUT2D eigenvalue weighted by molar-refractivity contribution is -0.142. The van der Waals surface area contributed by atoms with Crippen LogP contribution in [-0.4, -0.2) is 51.6 Å². The summed E-state index contributed by atoms with van der Waals surface area (Å²) < 4.78 is 13.6. The standard InChI is InChI=1S/C17H24N2O5S/c1-5-23-14(20)11-18(4)25-19(16(21)22)10-13-8-6-7-12-9-17(2,3)24-15(12)13/h6-8H,5,9-11H2,1-4H3,(H,21,22). The lowest BCUT2D eigenvalue weighted by Gasteiger charge is -2.24. The molecule has 0 fully saturated rings. The van der Waals surface area contributed by atoms with Crippen molar-refractivity contribution >= 4 is 24.2 Å². The van der Waals surface area contributed by atoms with Crippen molar-refractivity contribution in [3.05, 3.63) is 29.3 Å². The number of fused-ring (bicyclic) bond motifs is 1. The molecule has 1 N–H and O–H groups in total. The summed E-state index contributed by atoms with van der Waals surface area (Å²) in [6.45, 7) is 6.20. The molecule has 1 aliphatic rings. The first kappa shape index (κ1) is 19.4. The summed E-state index contributed by atoms with van der Waals surface area (Å²) in [7, 11) is 1.65. The number of nitrogens with zero attached hydrogens (tertiary/aromatic N) is 2. The van der Waals surface area contributed by atoms with Gasteiger partial charge in [-0.25, -0.2) is 13.4 Å². The van der Waals surface area contributed by atoms with E-state index in [4.69, 9.17) is 9.47 Å². The Morgan fingerprint density at radius 3 is 2.76 bits per heavy atom. The van der Waals surface area contributed by atoms with Crippen LogP contribution in [0.3, 0.4) is 0 Å². The molecule has 1 aromatic rings. The van der Waals surface area contributed by atoms with Crippen LogP contribution >= 0.6 is 12.1 Å². The molecule has 0 saturated carbocycles. The number of rotatable bonds is 7. The Hall–Kier alpha value is -1.93. The van der Waals surface area contributed by atoms with Gasteiger partial charge in [-0.15, -0.1) is 0 Å². The Kier molecular flexibility index (Phi) is 6.18. The third kappa shape index (κ3) is 5.27. The molecule has 1 aliphatic heterocycles. The fourth-order valence-electron chi connectivity index (χ4n) is 2.68. The lowest BCUT2D eigenvalue weighted by atomic mass is 10.0. The molecule has 138 valence electrons. The summed E-state index contributed by atoms with van der Waals surface area (Å²) in [5, 5.41) is 9.49. The van der Waals surface area contributed by atoms with Gasteiger partial charge in [0.2, 0.25) is 0 Å². The molecule has 1 amide bonds. The zero-order valence-corrected chi connectivity index (χ0v) is 15.8. The molecule has 2 rings (SSSR count). The maximum absolute atomic E-state index is 11.6. The van der Waals surface area contributed by atoms with Crippen LogP contribution in [0.25, 0.3) is 0 Å². The number of para-hydroxylation sites is 1. The van der Waals surface area contributed by atoms with E-state index in [9.17, 15) is 14.7 Å². The van der Waals surface area contributed by atoms with Crippen LogP contribution < -0.4 is 4.74 Å². The number of carboxylic acid groups (broad SMARTS) is 1. The molecule has 0 bridgehead atoms. The molecule has 25 heavy (non-hydrogen) atoms. The topological polar surface area (TPSA) is 79.3 Å². The average Bonchev–Trinajstić information content (AvgIpc) is 2.81. The maximum atomic E-state index is 11.6. The normalized spacial score (nSPS) is 14.8. The van der Waals surface area contributed by atoms with Gasteiger partial charge in [0, 0.05) is 24.1 Å². The molecular formula is C17H24N2O5S. The monoisotopic (exact) mass is 368 g/mol. The highest BCUT2D eigenvalue weighted by Gasteiger charge is 2.32. The molecule has 0 unspecified atom stereocenters. The Morgan fingerprint density at radius 1 is 1.40 bits per heavy atom. The van der Waals surface area contributed by atoms with E-state index in [0.717, 1.165) is 35.4 Å². The molecule has 0 atom stereocenters. The van der Waals surface area contributed by atoms with Crippen molar-refractivity contribution in [2.45, 2.75) is 39.3 Å². The van der Waals surface area contributed by atoms with Crippen molar-refractivity contribution in [3.63, 3.8) is 0 Å². The maximum Gasteiger partial charge on any atom is 0.418 e. The lowest BCUT2D eigenvalue weighted by Crippen LogP contribution is -2.30. The number of benzene rings is 1. The number of hydrogen-bond donors (Lipinski definition) is 1. The second-order valence-corrected chi connectivity index (χ2v) is 7.66. The van der Waals surface area contributed by atoms with Crippen LogP contribution in [0.2, 0.25) is 0 Å². The van der Waals surface area contributed by atoms with Gasteiger partial charge in [-0.05, 0) is 33.4 Å². The summed E-state index contributed by atoms with van der Waals surface area (Å²) in [6.07, 6.45) is -0.297. The molecule has 0 spiro atoms. The Bertz CT molecular complexity index is 650. The second-order valence-electron chi connectivity index (χ2n) is 6.44. The molecule has 1 heterocycles. The molecule has 8 heteroatoms. The van der Waals surface area contributed by atoms with Gasteiger partial charge in [-0.1, -0.05) is 18.2 Å². The average molecular weight is 368 g/mol. The van der Waals surface area contributed by atoms with E-state index >= 15 is 0 Å². The Labute approximate surface area is 152 Å². The predicted octanol–water partition coefficient (Wildman–Crippen LogP) is 2.94. The number of esters is 1. The van der Waals surface area contributed by atoms with Gasteiger partial charge in [0.25, 0.3) is 0 Å². The largest absolute Gasteiger partial charge is 0.487 e. The van der Waals surface area contributed by atoms with Crippen molar-refractivity contribution in [3.8, 4) is 5.75 Å². The number of ether oxygens (including phenoxy) is 2. The summed E-state index contributed by atoms with van der Waals surface area (Å²) in [6, 6.07) is 5.77. The Morgan fingerprint density at radius 2 is 2.12 bits per heavy atom. The molecule has 1 aromatic carbocycles. The first-order valence-corrected chi connectivity index (χ1v) is 8.80. The number of amides is 1. The number of likely N-dealkylation sites (N-methyl/N-ethyl adjacent to an activating group) is 1. The fraction of sp³-hybridized carbons (Fsp3) is 0.529. The van der Waals surface area contributed by atoms with Crippen molar-refractivity contribution in [2.24, 2.45) is 0 Å². The van der Waals surface area contributed by atoms with E-state index in [1.807, 2.05) is 32.0 Å². The summed E-state index contributed by atoms with van der Waals surface area (Å²) in [5.41, 5.74) is 1.60. The van der Waals surface area contributed by atoms with Gasteiger partial charge >= 0.3 is 12.1 Å². The highest BCUT2D eigenvalue weighted by atomic mass is 32.2. The first-order chi connectivity index (χ1) is 11.7. The van der Waals surface area contributed by atoms with Crippen molar-refractivity contribution < 1.29 is 24.2 Å². The van der Waals surface area contributed by atoms with Crippen molar-refractivity contribution in [1.29, 1.82) is 0 Å². The predicted molar refractivity (Wildman–Crippen MR) is 95.3 cm³/mol. The summed E-state index contributed by atoms with van der Waals surface area (Å²) in [4.78, 5) is 23.1. The van der Waals surface area contributed by atoms with Crippen molar-refractivity contribution in [1.82, 2.24) is 8.61 Å². The molecule has 0 aromatic heterocycles. The van der Waals surface area contributed by atoms with Gasteiger partial charge in [-0.3, -0.25) is 4.79 Å². The minimum atomic E-state index is -1.09. The molecule has 0 aliphatic carbocycles. The van der Waals surface area contributed by atoms with Crippen LogP contribution in [0, 0.1) is 0 Å². The van der Waals surface area contributed by atoms with Gasteiger partial charge in [0.05, 0.1) is 13.2 Å². The first-order valence-electron chi connectivity index (χ1n) is 8.07. The van der Waals surface area contributed by atoms with Crippen LogP contribution in [0.4, 0.5) is 4.79 Å². The van der Waals surface area contributed by atoms with Crippen LogP contribution in [0.1, 0.15) is 31.9 Å². The number of hydrogen-bond acceptors (Lipinski definition) is 6. The molecular weight excluding hydrogens is 344 g/mol. The fourth-order valence-corrected chi connectivity index (χ4v) is 3.44. The molecule has 7 nitrogen and oxygen atoms in total. The van der Waals surface area contributed by atoms with Crippen molar-refractivity contribution in [2.75, 3.05) is 20.2 Å². The highest BCUT2D eigenvalue weighted by Crippen LogP contribution is 2.38. The quantitative estimate of drug-likeness (QED) is 0.585. The number of carbonyl (C=O) groups excluding carboxylic acids is 1. The number of carbonyl (C=O) groups is 2. The molecule has 0 radical (unpaired) electrons. The van der Waals surface area contributed by atoms with Gasteiger partial charge in [0.15, 0.2) is 0 Å². The molecule has 0 saturated heterocycles. The van der Waals surface area contributed by atoms with E-state index in [-0.39, 0.29) is 18.7 Å². The smallest absolute Gasteiger partial charge is 0.418 e. The third-order valence-electron chi connectivity index (χ3n) is 3.59. The second kappa shape index (κ2) is 7.97. The van der Waals surface area contributed by atoms with Crippen LogP contribution in [-0.2, 0) is 22.5 Å². The van der Waals surface area contributed by atoms with Crippen LogP contribution in [0.5, 0.6) is 5.75 Å². The van der Waals surface area contributed by atoms with Gasteiger partial charge in [0.1, 0.15) is 17.9 Å². The zero-order chi connectivity index (χ0) is 18.6. The highest BCUT2D eigenvalue weighted by molar-refractivity contribution is 7.95. The Balaban J connectivity index is 2.07. The van der Waals surface area contributed by atoms with Crippen LogP contribution in [0.15, 0.2) is 18.2 Å². The van der Waals surface area contributed by atoms with Gasteiger partial charge in [-0.2, -0.15) is 0 Å². The van der Waals surface area contributed by atoms with Gasteiger partial charge < -0.3 is 14.6 Å². The summed E-state index contributed by atoms with van der Waals surface area (Å²) >= 11 is 0.958. The van der Waals surface area contributed by atoms with E-state index in [1.165, 1.54) is 8.61 Å². The van der Waals surface area contributed by atoms with E-state index < -0.39 is 12.1 Å². The minimum Gasteiger partial charge on any atom is -0.487 e. The zero-order valence-electron chi connectivity index (χ0n) is 14.9. The van der Waals surface area contributed by atoms with E-state index in [2.05, 4.69) is 0 Å². The van der Waals surface area contributed by atoms with E-state index in [1.54, 1.807) is 14.0 Å². The summed E-state index contributed by atoms with van der Waals surface area (Å²) in [5.74, 6) is 0.362.